The highest BCUT2D eigenvalue weighted by molar-refractivity contribution is 6.01. The number of aromatic amines is 1. The van der Waals surface area contributed by atoms with Gasteiger partial charge in [0, 0.05) is 26.1 Å². The van der Waals surface area contributed by atoms with Crippen LogP contribution < -0.4 is 5.32 Å². The van der Waals surface area contributed by atoms with Gasteiger partial charge in [-0.2, -0.15) is 10.2 Å². The summed E-state index contributed by atoms with van der Waals surface area (Å²) in [6.45, 7) is 3.32. The number of carbonyl (C=O) groups is 2. The average Bonchev–Trinajstić information content (AvgIpc) is 3.32. The predicted octanol–water partition coefficient (Wildman–Crippen LogP) is 1.45. The molecule has 1 unspecified atom stereocenters. The van der Waals surface area contributed by atoms with Gasteiger partial charge in [-0.15, -0.1) is 0 Å². The normalized spacial score (nSPS) is 20.9. The highest BCUT2D eigenvalue weighted by Crippen LogP contribution is 2.33. The highest BCUT2D eigenvalue weighted by atomic mass is 16.2. The molecule has 1 saturated heterocycles. The number of anilines is 1. The standard InChI is InChI=1S/C17H24N6O2/c1-3-12-13-14(19-20-15(13)22(2)21-12)18-16(24)11-5-4-8-23(9-11)17(25)10-6-7-10/h10-11H,3-9H2,1-2H3,(H2,18,19,20,24). The topological polar surface area (TPSA) is 95.9 Å². The van der Waals surface area contributed by atoms with Crippen molar-refractivity contribution in [2.75, 3.05) is 18.4 Å². The van der Waals surface area contributed by atoms with Gasteiger partial charge in [-0.05, 0) is 32.1 Å². The van der Waals surface area contributed by atoms with E-state index in [-0.39, 0.29) is 23.7 Å². The number of nitrogens with one attached hydrogen (secondary N) is 2. The average molecular weight is 344 g/mol. The van der Waals surface area contributed by atoms with Gasteiger partial charge < -0.3 is 10.2 Å². The van der Waals surface area contributed by atoms with Gasteiger partial charge in [0.25, 0.3) is 0 Å². The molecule has 2 aliphatic rings. The molecule has 3 heterocycles. The van der Waals surface area contributed by atoms with Crippen LogP contribution in [0.25, 0.3) is 11.0 Å². The van der Waals surface area contributed by atoms with Gasteiger partial charge in [-0.1, -0.05) is 6.92 Å². The Morgan fingerprint density at radius 1 is 1.28 bits per heavy atom. The first kappa shape index (κ1) is 16.1. The molecule has 2 aromatic rings. The quantitative estimate of drug-likeness (QED) is 0.877. The van der Waals surface area contributed by atoms with E-state index in [1.54, 1.807) is 4.68 Å². The number of likely N-dealkylation sites (tertiary alicyclic amines) is 1. The first-order chi connectivity index (χ1) is 12.1. The molecule has 2 amide bonds. The number of aryl methyl sites for hydroxylation is 2. The Morgan fingerprint density at radius 3 is 2.80 bits per heavy atom. The molecule has 8 heteroatoms. The summed E-state index contributed by atoms with van der Waals surface area (Å²) < 4.78 is 1.72. The molecular weight excluding hydrogens is 320 g/mol. The van der Waals surface area contributed by atoms with E-state index in [0.29, 0.717) is 12.4 Å². The van der Waals surface area contributed by atoms with Crippen molar-refractivity contribution in [3.05, 3.63) is 5.69 Å². The van der Waals surface area contributed by atoms with E-state index in [4.69, 9.17) is 0 Å². The minimum Gasteiger partial charge on any atom is -0.342 e. The molecule has 8 nitrogen and oxygen atoms in total. The number of hydrogen-bond donors (Lipinski definition) is 2. The minimum atomic E-state index is -0.170. The molecule has 1 aliphatic heterocycles. The van der Waals surface area contributed by atoms with Crippen LogP contribution in [0.2, 0.25) is 0 Å². The largest absolute Gasteiger partial charge is 0.342 e. The van der Waals surface area contributed by atoms with E-state index in [2.05, 4.69) is 20.6 Å². The predicted molar refractivity (Wildman–Crippen MR) is 92.9 cm³/mol. The van der Waals surface area contributed by atoms with Crippen LogP contribution in [-0.4, -0.2) is 49.8 Å². The molecule has 1 aliphatic carbocycles. The van der Waals surface area contributed by atoms with Crippen molar-refractivity contribution in [1.29, 1.82) is 0 Å². The summed E-state index contributed by atoms with van der Waals surface area (Å²) in [6, 6.07) is 0. The second kappa shape index (κ2) is 6.16. The molecule has 2 N–H and O–H groups in total. The lowest BCUT2D eigenvalue weighted by molar-refractivity contribution is -0.135. The van der Waals surface area contributed by atoms with Crippen LogP contribution in [0.4, 0.5) is 5.82 Å². The van der Waals surface area contributed by atoms with Gasteiger partial charge in [-0.3, -0.25) is 14.7 Å². The van der Waals surface area contributed by atoms with E-state index >= 15 is 0 Å². The van der Waals surface area contributed by atoms with Gasteiger partial charge in [0.1, 0.15) is 5.82 Å². The third kappa shape index (κ3) is 2.89. The molecule has 0 bridgehead atoms. The molecule has 134 valence electrons. The highest BCUT2D eigenvalue weighted by Gasteiger charge is 2.36. The third-order valence-corrected chi connectivity index (χ3v) is 5.23. The number of aromatic nitrogens is 4. The zero-order valence-corrected chi connectivity index (χ0v) is 14.7. The Labute approximate surface area is 145 Å². The van der Waals surface area contributed by atoms with Crippen LogP contribution in [0.15, 0.2) is 0 Å². The maximum Gasteiger partial charge on any atom is 0.230 e. The fraction of sp³-hybridized carbons (Fsp3) is 0.647. The summed E-state index contributed by atoms with van der Waals surface area (Å²) >= 11 is 0. The van der Waals surface area contributed by atoms with Crippen molar-refractivity contribution in [2.24, 2.45) is 18.9 Å². The maximum atomic E-state index is 12.7. The van der Waals surface area contributed by atoms with Crippen molar-refractivity contribution in [1.82, 2.24) is 24.9 Å². The van der Waals surface area contributed by atoms with Crippen LogP contribution in [0.5, 0.6) is 0 Å². The molecule has 2 fully saturated rings. The number of hydrogen-bond acceptors (Lipinski definition) is 4. The van der Waals surface area contributed by atoms with Crippen molar-refractivity contribution in [3.8, 4) is 0 Å². The van der Waals surface area contributed by atoms with Crippen LogP contribution >= 0.6 is 0 Å². The molecule has 1 atom stereocenters. The summed E-state index contributed by atoms with van der Waals surface area (Å²) in [4.78, 5) is 26.9. The Kier molecular flexibility index (Phi) is 3.97. The van der Waals surface area contributed by atoms with Crippen molar-refractivity contribution < 1.29 is 9.59 Å². The van der Waals surface area contributed by atoms with Crippen LogP contribution in [0.1, 0.15) is 38.3 Å². The van der Waals surface area contributed by atoms with E-state index in [1.165, 1.54) is 0 Å². The fourth-order valence-electron chi connectivity index (χ4n) is 3.66. The number of piperidine rings is 1. The number of fused-ring (bicyclic) bond motifs is 1. The zero-order chi connectivity index (χ0) is 17.6. The first-order valence-corrected chi connectivity index (χ1v) is 9.08. The van der Waals surface area contributed by atoms with E-state index in [0.717, 1.165) is 55.4 Å². The van der Waals surface area contributed by atoms with Crippen LogP contribution in [0.3, 0.4) is 0 Å². The SMILES string of the molecule is CCc1nn(C)c2n[nH]c(NC(=O)C3CCCN(C(=O)C4CC4)C3)c12. The summed E-state index contributed by atoms with van der Waals surface area (Å²) in [7, 11) is 1.84. The Morgan fingerprint density at radius 2 is 2.08 bits per heavy atom. The third-order valence-electron chi connectivity index (χ3n) is 5.23. The molecule has 25 heavy (non-hydrogen) atoms. The molecule has 1 saturated carbocycles. The van der Waals surface area contributed by atoms with Crippen molar-refractivity contribution in [2.45, 2.75) is 39.0 Å². The molecule has 0 spiro atoms. The second-order valence-corrected chi connectivity index (χ2v) is 7.11. The second-order valence-electron chi connectivity index (χ2n) is 7.11. The van der Waals surface area contributed by atoms with Gasteiger partial charge in [0.05, 0.1) is 17.0 Å². The van der Waals surface area contributed by atoms with Crippen molar-refractivity contribution in [3.63, 3.8) is 0 Å². The lowest BCUT2D eigenvalue weighted by Gasteiger charge is -2.32. The summed E-state index contributed by atoms with van der Waals surface area (Å²) in [5.74, 6) is 0.815. The zero-order valence-electron chi connectivity index (χ0n) is 14.7. The van der Waals surface area contributed by atoms with Crippen molar-refractivity contribution >= 4 is 28.7 Å². The summed E-state index contributed by atoms with van der Waals surface area (Å²) in [6.07, 6.45) is 4.46. The van der Waals surface area contributed by atoms with E-state index in [1.807, 2.05) is 18.9 Å². The van der Waals surface area contributed by atoms with Gasteiger partial charge in [0.2, 0.25) is 11.8 Å². The molecule has 0 radical (unpaired) electrons. The molecule has 2 aromatic heterocycles. The monoisotopic (exact) mass is 344 g/mol. The Hall–Kier alpha value is -2.38. The Balaban J connectivity index is 1.49. The Bertz CT molecular complexity index is 819. The number of amides is 2. The van der Waals surface area contributed by atoms with Crippen LogP contribution in [-0.2, 0) is 23.1 Å². The van der Waals surface area contributed by atoms with Gasteiger partial charge in [0.15, 0.2) is 5.65 Å². The smallest absolute Gasteiger partial charge is 0.230 e. The lowest BCUT2D eigenvalue weighted by Crippen LogP contribution is -2.44. The van der Waals surface area contributed by atoms with E-state index < -0.39 is 0 Å². The first-order valence-electron chi connectivity index (χ1n) is 9.08. The molecule has 0 aromatic carbocycles. The maximum absolute atomic E-state index is 12.7. The van der Waals surface area contributed by atoms with Gasteiger partial charge >= 0.3 is 0 Å². The van der Waals surface area contributed by atoms with Gasteiger partial charge in [-0.25, -0.2) is 4.68 Å². The minimum absolute atomic E-state index is 0.0512. The van der Waals surface area contributed by atoms with Crippen LogP contribution in [0, 0.1) is 11.8 Å². The lowest BCUT2D eigenvalue weighted by atomic mass is 9.96. The molecular formula is C17H24N6O2. The van der Waals surface area contributed by atoms with E-state index in [9.17, 15) is 9.59 Å². The molecule has 4 rings (SSSR count). The number of carbonyl (C=O) groups excluding carboxylic acids is 2. The number of rotatable bonds is 4. The summed E-state index contributed by atoms with van der Waals surface area (Å²) in [5.41, 5.74) is 1.65. The number of nitrogens with zero attached hydrogens (tertiary/aromatic N) is 4. The fourth-order valence-corrected chi connectivity index (χ4v) is 3.66. The summed E-state index contributed by atoms with van der Waals surface area (Å²) in [5, 5.41) is 15.5. The number of H-pyrrole nitrogens is 1.